The number of aryl methyl sites for hydroxylation is 1. The zero-order valence-electron chi connectivity index (χ0n) is 18.5. The first-order valence-electron chi connectivity index (χ1n) is 10.4. The van der Waals surface area contributed by atoms with Crippen LogP contribution in [0.25, 0.3) is 0 Å². The van der Waals surface area contributed by atoms with Gasteiger partial charge in [0, 0.05) is 19.2 Å². The van der Waals surface area contributed by atoms with E-state index in [1.807, 2.05) is 30.3 Å². The summed E-state index contributed by atoms with van der Waals surface area (Å²) in [6, 6.07) is 8.21. The van der Waals surface area contributed by atoms with Crippen LogP contribution in [0.1, 0.15) is 18.9 Å². The number of thioether (sulfide) groups is 2. The molecule has 2 aliphatic rings. The van der Waals surface area contributed by atoms with Gasteiger partial charge in [0.05, 0.1) is 11.2 Å². The predicted octanol–water partition coefficient (Wildman–Crippen LogP) is 2.29. The minimum Gasteiger partial charge on any atom is -0.479 e. The fraction of sp³-hybridized carbons (Fsp3) is 0.500. The van der Waals surface area contributed by atoms with Crippen molar-refractivity contribution >= 4 is 76.1 Å². The summed E-state index contributed by atoms with van der Waals surface area (Å²) in [6.07, 6.45) is -0.347. The van der Waals surface area contributed by atoms with Gasteiger partial charge in [-0.2, -0.15) is 0 Å². The summed E-state index contributed by atoms with van der Waals surface area (Å²) in [7, 11) is 1.66. The third kappa shape index (κ3) is 4.83. The molecule has 2 fully saturated rings. The van der Waals surface area contributed by atoms with Crippen molar-refractivity contribution in [1.82, 2.24) is 30.4 Å². The lowest BCUT2D eigenvalue weighted by Gasteiger charge is -2.51. The maximum absolute atomic E-state index is 13.3. The molecule has 0 aliphatic carbocycles. The van der Waals surface area contributed by atoms with E-state index in [-0.39, 0.29) is 18.1 Å². The molecule has 35 heavy (non-hydrogen) atoms. The number of halogens is 3. The number of hydrogen-bond donors (Lipinski definition) is 2. The molecule has 2 aromatic rings. The molecule has 0 bridgehead atoms. The molecule has 1 aromatic heterocycles. The van der Waals surface area contributed by atoms with Gasteiger partial charge in [0.15, 0.2) is 9.33 Å². The van der Waals surface area contributed by atoms with Gasteiger partial charge < -0.3 is 15.3 Å². The van der Waals surface area contributed by atoms with Gasteiger partial charge in [0.1, 0.15) is 11.4 Å². The summed E-state index contributed by atoms with van der Waals surface area (Å²) >= 11 is 20.8. The molecule has 4 rings (SSSR count). The van der Waals surface area contributed by atoms with Crippen molar-refractivity contribution in [1.29, 1.82) is 0 Å². The molecule has 4 atom stereocenters. The standard InChI is InChI=1S/C20H21Cl3N6O4S2/c1-18(10-34-17-25-26-27-28(17)2)19(16(32)33,9-20(21,22)23)29-14(31)13(15(29)35-18)24-12(30)8-11-6-4-3-5-7-11/h3-7,13,15H,8-10H2,1-2H3,(H,24,30)(H,32,33)/t13?,15-,18?,19?/m1/s1. The number of carboxylic acid groups (broad SMARTS) is 1. The Bertz CT molecular complexity index is 1150. The Hall–Kier alpha value is -1.73. The summed E-state index contributed by atoms with van der Waals surface area (Å²) < 4.78 is -1.61. The number of carbonyl (C=O) groups excluding carboxylic acids is 2. The van der Waals surface area contributed by atoms with Crippen LogP contribution < -0.4 is 5.32 Å². The van der Waals surface area contributed by atoms with Crippen molar-refractivity contribution in [3.63, 3.8) is 0 Å². The Morgan fingerprint density at radius 2 is 1.97 bits per heavy atom. The number of aliphatic carboxylic acids is 1. The van der Waals surface area contributed by atoms with E-state index < -0.39 is 43.8 Å². The highest BCUT2D eigenvalue weighted by atomic mass is 35.6. The van der Waals surface area contributed by atoms with E-state index in [0.717, 1.165) is 5.56 Å². The molecule has 0 spiro atoms. The zero-order valence-corrected chi connectivity index (χ0v) is 22.4. The Kier molecular flexibility index (Phi) is 7.24. The number of rotatable bonds is 8. The van der Waals surface area contributed by atoms with E-state index in [1.165, 1.54) is 33.1 Å². The minimum absolute atomic E-state index is 0.0898. The van der Waals surface area contributed by atoms with Crippen molar-refractivity contribution in [2.45, 2.75) is 50.4 Å². The Morgan fingerprint density at radius 3 is 2.54 bits per heavy atom. The van der Waals surface area contributed by atoms with Gasteiger partial charge in [-0.05, 0) is 22.9 Å². The average molecular weight is 580 g/mol. The second kappa shape index (κ2) is 9.62. The van der Waals surface area contributed by atoms with E-state index in [2.05, 4.69) is 20.8 Å². The molecule has 188 valence electrons. The van der Waals surface area contributed by atoms with Crippen LogP contribution in [0.5, 0.6) is 0 Å². The number of alkyl halides is 3. The van der Waals surface area contributed by atoms with Gasteiger partial charge in [0.25, 0.3) is 0 Å². The number of carbonyl (C=O) groups is 3. The number of fused-ring (bicyclic) bond motifs is 1. The van der Waals surface area contributed by atoms with Gasteiger partial charge in [0.2, 0.25) is 17.0 Å². The molecule has 2 saturated heterocycles. The first-order chi connectivity index (χ1) is 16.4. The van der Waals surface area contributed by atoms with Gasteiger partial charge in [-0.15, -0.1) is 16.9 Å². The number of aromatic nitrogens is 4. The number of hydrogen-bond acceptors (Lipinski definition) is 8. The van der Waals surface area contributed by atoms with Crippen molar-refractivity contribution in [2.75, 3.05) is 5.75 Å². The first kappa shape index (κ1) is 26.3. The number of amides is 2. The van der Waals surface area contributed by atoms with Crippen LogP contribution in [0, 0.1) is 0 Å². The normalized spacial score (nSPS) is 27.9. The summed E-state index contributed by atoms with van der Waals surface area (Å²) in [5, 5.41) is 24.3. The lowest BCUT2D eigenvalue weighted by molar-refractivity contribution is -0.172. The first-order valence-corrected chi connectivity index (χ1v) is 13.4. The monoisotopic (exact) mass is 578 g/mol. The van der Waals surface area contributed by atoms with Crippen LogP contribution in [0.2, 0.25) is 0 Å². The Labute approximate surface area is 224 Å². The molecule has 3 unspecified atom stereocenters. The van der Waals surface area contributed by atoms with Crippen LogP contribution in [-0.4, -0.2) is 79.2 Å². The van der Waals surface area contributed by atoms with Crippen molar-refractivity contribution in [2.24, 2.45) is 7.05 Å². The van der Waals surface area contributed by atoms with E-state index in [1.54, 1.807) is 14.0 Å². The van der Waals surface area contributed by atoms with Crippen LogP contribution in [0.4, 0.5) is 0 Å². The number of benzene rings is 1. The minimum atomic E-state index is -1.95. The molecule has 2 aliphatic heterocycles. The zero-order chi connectivity index (χ0) is 25.6. The average Bonchev–Trinajstić information content (AvgIpc) is 3.28. The third-order valence-electron chi connectivity index (χ3n) is 6.10. The quantitative estimate of drug-likeness (QED) is 0.275. The number of nitrogens with one attached hydrogen (secondary N) is 1. The summed E-state index contributed by atoms with van der Waals surface area (Å²) in [5.74, 6) is -1.97. The Morgan fingerprint density at radius 1 is 1.29 bits per heavy atom. The van der Waals surface area contributed by atoms with Crippen molar-refractivity contribution in [3.05, 3.63) is 35.9 Å². The van der Waals surface area contributed by atoms with Gasteiger partial charge >= 0.3 is 5.97 Å². The largest absolute Gasteiger partial charge is 0.479 e. The lowest BCUT2D eigenvalue weighted by atomic mass is 9.78. The second-order valence-corrected chi connectivity index (χ2v) is 13.6. The highest BCUT2D eigenvalue weighted by Crippen LogP contribution is 2.61. The number of carboxylic acids is 1. The maximum atomic E-state index is 13.3. The topological polar surface area (TPSA) is 130 Å². The van der Waals surface area contributed by atoms with Crippen molar-refractivity contribution < 1.29 is 19.5 Å². The van der Waals surface area contributed by atoms with Crippen LogP contribution in [0.15, 0.2) is 35.5 Å². The molecular formula is C20H21Cl3N6O4S2. The fourth-order valence-electron chi connectivity index (χ4n) is 4.41. The Balaban J connectivity index is 1.61. The van der Waals surface area contributed by atoms with E-state index in [0.29, 0.717) is 5.16 Å². The summed E-state index contributed by atoms with van der Waals surface area (Å²) in [5.41, 5.74) is -1.05. The molecule has 1 aromatic carbocycles. The molecule has 15 heteroatoms. The van der Waals surface area contributed by atoms with E-state index in [4.69, 9.17) is 34.8 Å². The van der Waals surface area contributed by atoms with Gasteiger partial charge in [-0.25, -0.2) is 9.48 Å². The molecule has 10 nitrogen and oxygen atoms in total. The summed E-state index contributed by atoms with van der Waals surface area (Å²) in [6.45, 7) is 1.72. The van der Waals surface area contributed by atoms with Crippen LogP contribution >= 0.6 is 58.3 Å². The molecular weight excluding hydrogens is 559 g/mol. The van der Waals surface area contributed by atoms with Crippen LogP contribution in [0.3, 0.4) is 0 Å². The predicted molar refractivity (Wildman–Crippen MR) is 134 cm³/mol. The molecule has 2 amide bonds. The highest BCUT2D eigenvalue weighted by molar-refractivity contribution is 8.04. The summed E-state index contributed by atoms with van der Waals surface area (Å²) in [4.78, 5) is 40.0. The second-order valence-electron chi connectivity index (χ2n) is 8.49. The van der Waals surface area contributed by atoms with Crippen molar-refractivity contribution in [3.8, 4) is 0 Å². The lowest BCUT2D eigenvalue weighted by Crippen LogP contribution is -2.76. The molecule has 2 N–H and O–H groups in total. The van der Waals surface area contributed by atoms with E-state index >= 15 is 0 Å². The molecule has 3 heterocycles. The smallest absolute Gasteiger partial charge is 0.331 e. The van der Waals surface area contributed by atoms with E-state index in [9.17, 15) is 19.5 Å². The third-order valence-corrected chi connectivity index (χ3v) is 9.74. The highest BCUT2D eigenvalue weighted by Gasteiger charge is 2.75. The maximum Gasteiger partial charge on any atom is 0.331 e. The number of nitrogens with zero attached hydrogens (tertiary/aromatic N) is 5. The fourth-order valence-corrected chi connectivity index (χ4v) is 8.10. The van der Waals surface area contributed by atoms with Gasteiger partial charge in [-0.1, -0.05) is 76.9 Å². The molecule has 0 saturated carbocycles. The van der Waals surface area contributed by atoms with Gasteiger partial charge in [-0.3, -0.25) is 9.59 Å². The SMILES string of the molecule is Cn1nnnc1SCC1(C)S[C@@H]2C(NC(=O)Cc3ccccc3)C(=O)N2C1(CC(Cl)(Cl)Cl)C(=O)O. The van der Waals surface area contributed by atoms with Crippen LogP contribution in [-0.2, 0) is 27.9 Å². The molecule has 0 radical (unpaired) electrons. The number of β-lactam (4-membered cyclic amide) rings is 1. The number of tetrazole rings is 1.